The highest BCUT2D eigenvalue weighted by molar-refractivity contribution is 5.96. The van der Waals surface area contributed by atoms with Crippen molar-refractivity contribution in [2.75, 3.05) is 13.7 Å². The first kappa shape index (κ1) is 16.4. The third-order valence-electron chi connectivity index (χ3n) is 3.48. The molecule has 128 valence electrons. The fourth-order valence-electron chi connectivity index (χ4n) is 2.24. The molecule has 0 saturated heterocycles. The Morgan fingerprint density at radius 2 is 2.08 bits per heavy atom. The number of carbonyl (C=O) groups is 2. The molecule has 2 aliphatic heterocycles. The molecule has 25 heavy (non-hydrogen) atoms. The van der Waals surface area contributed by atoms with Gasteiger partial charge in [0.25, 0.3) is 5.91 Å². The van der Waals surface area contributed by atoms with Crippen molar-refractivity contribution < 1.29 is 19.1 Å². The number of esters is 1. The number of fused-ring (bicyclic) bond motifs is 1. The summed E-state index contributed by atoms with van der Waals surface area (Å²) in [6, 6.07) is 9.58. The molecule has 0 unspecified atom stereocenters. The van der Waals surface area contributed by atoms with E-state index in [4.69, 9.17) is 4.74 Å². The quantitative estimate of drug-likeness (QED) is 0.736. The zero-order chi connectivity index (χ0) is 17.6. The van der Waals surface area contributed by atoms with Gasteiger partial charge in [-0.05, 0) is 17.7 Å². The summed E-state index contributed by atoms with van der Waals surface area (Å²) in [4.78, 5) is 23.8. The van der Waals surface area contributed by atoms with Crippen LogP contribution in [0.1, 0.15) is 5.56 Å². The Morgan fingerprint density at radius 3 is 2.84 bits per heavy atom. The monoisotopic (exact) mass is 340 g/mol. The molecule has 8 heteroatoms. The summed E-state index contributed by atoms with van der Waals surface area (Å²) in [5.74, 6) is 2.02. The van der Waals surface area contributed by atoms with E-state index in [9.17, 15) is 9.59 Å². The number of amides is 1. The van der Waals surface area contributed by atoms with E-state index < -0.39 is 11.9 Å². The molecule has 8 nitrogen and oxygen atoms in total. The molecular formula is C17H16N4O4. The van der Waals surface area contributed by atoms with Crippen LogP contribution in [0.3, 0.4) is 0 Å². The molecule has 1 aromatic carbocycles. The van der Waals surface area contributed by atoms with Gasteiger partial charge in [0.1, 0.15) is 18.8 Å². The average Bonchev–Trinajstić information content (AvgIpc) is 3.13. The second-order valence-corrected chi connectivity index (χ2v) is 5.12. The molecule has 0 fully saturated rings. The lowest BCUT2D eigenvalue weighted by Crippen LogP contribution is -2.42. The second-order valence-electron chi connectivity index (χ2n) is 5.12. The molecule has 0 spiro atoms. The van der Waals surface area contributed by atoms with Crippen molar-refractivity contribution in [3.05, 3.63) is 65.2 Å². The van der Waals surface area contributed by atoms with Gasteiger partial charge in [0, 0.05) is 5.87 Å². The maximum atomic E-state index is 12.5. The summed E-state index contributed by atoms with van der Waals surface area (Å²) >= 11 is 0. The summed E-state index contributed by atoms with van der Waals surface area (Å²) < 4.78 is 10.3. The highest BCUT2D eigenvalue weighted by atomic mass is 16.5. The van der Waals surface area contributed by atoms with E-state index in [1.54, 1.807) is 12.2 Å². The first-order valence-electron chi connectivity index (χ1n) is 7.51. The number of carbonyl (C=O) groups excluding carboxylic acids is 2. The van der Waals surface area contributed by atoms with Gasteiger partial charge in [-0.2, -0.15) is 0 Å². The fourth-order valence-corrected chi connectivity index (χ4v) is 2.24. The Morgan fingerprint density at radius 1 is 1.28 bits per heavy atom. The molecule has 0 bridgehead atoms. The fraction of sp³-hybridized carbons (Fsp3) is 0.176. The van der Waals surface area contributed by atoms with Crippen molar-refractivity contribution >= 4 is 17.7 Å². The van der Waals surface area contributed by atoms with Crippen LogP contribution in [0.25, 0.3) is 0 Å². The van der Waals surface area contributed by atoms with Crippen LogP contribution in [-0.2, 0) is 25.7 Å². The highest BCUT2D eigenvalue weighted by Crippen LogP contribution is 2.24. The number of hydrazone groups is 1. The van der Waals surface area contributed by atoms with Crippen molar-refractivity contribution in [2.24, 2.45) is 5.10 Å². The van der Waals surface area contributed by atoms with Gasteiger partial charge < -0.3 is 14.8 Å². The minimum absolute atomic E-state index is 0.186. The minimum Gasteiger partial charge on any atom is -0.486 e. The van der Waals surface area contributed by atoms with Gasteiger partial charge in [0.2, 0.25) is 0 Å². The van der Waals surface area contributed by atoms with Crippen LogP contribution in [0.5, 0.6) is 0 Å². The van der Waals surface area contributed by atoms with Crippen LogP contribution >= 0.6 is 0 Å². The number of hydrazine groups is 1. The van der Waals surface area contributed by atoms with Crippen molar-refractivity contribution in [1.29, 1.82) is 0 Å². The van der Waals surface area contributed by atoms with Crippen LogP contribution in [0.15, 0.2) is 64.7 Å². The smallest absolute Gasteiger partial charge is 0.325 e. The molecule has 0 saturated carbocycles. The Hall–Kier alpha value is -3.51. The number of allylic oxidation sites excluding steroid dienone is 2. The van der Waals surface area contributed by atoms with E-state index in [0.29, 0.717) is 18.1 Å². The lowest BCUT2D eigenvalue weighted by molar-refractivity contribution is -0.140. The normalized spacial score (nSPS) is 14.6. The van der Waals surface area contributed by atoms with E-state index >= 15 is 0 Å². The van der Waals surface area contributed by atoms with E-state index in [-0.39, 0.29) is 12.2 Å². The topological polar surface area (TPSA) is 92.3 Å². The molecule has 1 aromatic rings. The van der Waals surface area contributed by atoms with Crippen LogP contribution in [0.4, 0.5) is 0 Å². The van der Waals surface area contributed by atoms with Crippen LogP contribution in [0.2, 0.25) is 0 Å². The first-order chi connectivity index (χ1) is 12.2. The Kier molecular flexibility index (Phi) is 4.82. The van der Waals surface area contributed by atoms with Crippen LogP contribution in [-0.4, -0.2) is 36.4 Å². The Bertz CT molecular complexity index is 807. The van der Waals surface area contributed by atoms with E-state index in [1.807, 2.05) is 30.3 Å². The summed E-state index contributed by atoms with van der Waals surface area (Å²) in [7, 11) is 1.25. The molecule has 0 aromatic heterocycles. The zero-order valence-corrected chi connectivity index (χ0v) is 13.5. The maximum Gasteiger partial charge on any atom is 0.325 e. The average molecular weight is 340 g/mol. The molecule has 1 amide bonds. The van der Waals surface area contributed by atoms with E-state index in [2.05, 4.69) is 26.6 Å². The maximum absolute atomic E-state index is 12.5. The van der Waals surface area contributed by atoms with Crippen molar-refractivity contribution in [3.8, 4) is 0 Å². The number of nitrogens with one attached hydrogen (secondary N) is 2. The summed E-state index contributed by atoms with van der Waals surface area (Å²) in [5.41, 5.74) is 4.38. The van der Waals surface area contributed by atoms with Gasteiger partial charge in [-0.3, -0.25) is 9.59 Å². The molecule has 0 aliphatic carbocycles. The standard InChI is InChI=1S/C17H16N4O4/c1-24-15(22)10-18-17(23)16-14(8-7-13-9-19-20-21(13)16)25-11-12-5-3-2-4-6-12/h2-8,20H,10-11H2,1H3,(H,18,23). The van der Waals surface area contributed by atoms with Crippen LogP contribution in [0, 0.1) is 0 Å². The van der Waals surface area contributed by atoms with Gasteiger partial charge in [-0.15, -0.1) is 5.10 Å². The molecule has 0 atom stereocenters. The molecule has 2 N–H and O–H groups in total. The highest BCUT2D eigenvalue weighted by Gasteiger charge is 2.30. The molecule has 2 aliphatic rings. The van der Waals surface area contributed by atoms with Crippen molar-refractivity contribution in [3.63, 3.8) is 0 Å². The van der Waals surface area contributed by atoms with E-state index in [1.165, 1.54) is 12.1 Å². The first-order valence-corrected chi connectivity index (χ1v) is 7.51. The van der Waals surface area contributed by atoms with E-state index in [0.717, 1.165) is 5.56 Å². The number of benzene rings is 1. The number of methoxy groups -OCH3 is 1. The number of rotatable bonds is 6. The van der Waals surface area contributed by atoms with Crippen molar-refractivity contribution in [1.82, 2.24) is 15.9 Å². The van der Waals surface area contributed by atoms with Gasteiger partial charge >= 0.3 is 5.97 Å². The number of hydrogen-bond donors (Lipinski definition) is 2. The Labute approximate surface area is 144 Å². The summed E-state index contributed by atoms with van der Waals surface area (Å²) in [6.07, 6.45) is 3.39. The number of nitrogens with zero attached hydrogens (tertiary/aromatic N) is 2. The van der Waals surface area contributed by atoms with Crippen LogP contribution < -0.4 is 10.9 Å². The van der Waals surface area contributed by atoms with Gasteiger partial charge in [-0.1, -0.05) is 30.3 Å². The van der Waals surface area contributed by atoms with Gasteiger partial charge in [-0.25, -0.2) is 10.5 Å². The SMILES string of the molecule is COC(=O)CNC(=O)C1=C(OCc2ccccc2)C=CC2=C=NNN21. The summed E-state index contributed by atoms with van der Waals surface area (Å²) in [5, 5.41) is 7.73. The molecule has 0 radical (unpaired) electrons. The largest absolute Gasteiger partial charge is 0.486 e. The third-order valence-corrected chi connectivity index (χ3v) is 3.48. The number of hydrogen-bond acceptors (Lipinski definition) is 7. The third kappa shape index (κ3) is 3.70. The second kappa shape index (κ2) is 7.37. The van der Waals surface area contributed by atoms with Gasteiger partial charge in [0.05, 0.1) is 7.11 Å². The Balaban J connectivity index is 1.79. The van der Waals surface area contributed by atoms with Gasteiger partial charge in [0.15, 0.2) is 11.5 Å². The number of ether oxygens (including phenoxy) is 2. The predicted octanol–water partition coefficient (Wildman–Crippen LogP) is 0.563. The predicted molar refractivity (Wildman–Crippen MR) is 88.3 cm³/mol. The molecular weight excluding hydrogens is 324 g/mol. The lowest BCUT2D eigenvalue weighted by atomic mass is 10.2. The van der Waals surface area contributed by atoms with Crippen molar-refractivity contribution in [2.45, 2.75) is 6.61 Å². The zero-order valence-electron chi connectivity index (χ0n) is 13.5. The minimum atomic E-state index is -0.548. The lowest BCUT2D eigenvalue weighted by Gasteiger charge is -2.26. The summed E-state index contributed by atoms with van der Waals surface area (Å²) in [6.45, 7) is 0.0459. The molecule has 3 rings (SSSR count). The molecule has 2 heterocycles.